The summed E-state index contributed by atoms with van der Waals surface area (Å²) in [5.41, 5.74) is 3.62. The first-order valence-electron chi connectivity index (χ1n) is 5.91. The quantitative estimate of drug-likeness (QED) is 0.552. The third-order valence-electron chi connectivity index (χ3n) is 2.91. The summed E-state index contributed by atoms with van der Waals surface area (Å²) >= 11 is 0. The Labute approximate surface area is 105 Å². The number of hydrogen-bond donors (Lipinski definition) is 1. The van der Waals surface area contributed by atoms with E-state index in [0.29, 0.717) is 0 Å². The van der Waals surface area contributed by atoms with E-state index in [9.17, 15) is 0 Å². The van der Waals surface area contributed by atoms with Crippen LogP contribution in [-0.4, -0.2) is 7.05 Å². The molecule has 0 spiro atoms. The number of likely N-dealkylation sites (N-methyl/N-ethyl adjacent to an activating group) is 1. The summed E-state index contributed by atoms with van der Waals surface area (Å²) in [6.07, 6.45) is 5.77. The normalized spacial score (nSPS) is 11.8. The van der Waals surface area contributed by atoms with E-state index >= 15 is 0 Å². The SMILES string of the molecule is C=CCCc1ccccc1C(NC)C(=C)C=C. The number of aryl methyl sites for hydroxylation is 1. The summed E-state index contributed by atoms with van der Waals surface area (Å²) in [6.45, 7) is 11.6. The van der Waals surface area contributed by atoms with Gasteiger partial charge in [-0.1, -0.05) is 49.6 Å². The molecular weight excluding hydrogens is 206 g/mol. The maximum atomic E-state index is 4.04. The van der Waals surface area contributed by atoms with Crippen LogP contribution < -0.4 is 5.32 Å². The number of nitrogens with one attached hydrogen (secondary N) is 1. The fraction of sp³-hybridized carbons (Fsp3) is 0.250. The van der Waals surface area contributed by atoms with Crippen molar-refractivity contribution in [1.82, 2.24) is 5.32 Å². The summed E-state index contributed by atoms with van der Waals surface area (Å²) in [6, 6.07) is 8.60. The van der Waals surface area contributed by atoms with E-state index in [1.165, 1.54) is 11.1 Å². The molecule has 1 aromatic carbocycles. The minimum atomic E-state index is 0.147. The van der Waals surface area contributed by atoms with Crippen LogP contribution >= 0.6 is 0 Å². The molecule has 1 unspecified atom stereocenters. The van der Waals surface area contributed by atoms with E-state index in [0.717, 1.165) is 18.4 Å². The second-order valence-corrected chi connectivity index (χ2v) is 4.03. The summed E-state index contributed by atoms with van der Waals surface area (Å²) in [4.78, 5) is 0. The van der Waals surface area contributed by atoms with Crippen molar-refractivity contribution < 1.29 is 0 Å². The Morgan fingerprint density at radius 1 is 1.35 bits per heavy atom. The van der Waals surface area contributed by atoms with E-state index in [1.54, 1.807) is 0 Å². The molecule has 1 atom stereocenters. The summed E-state index contributed by atoms with van der Waals surface area (Å²) in [5, 5.41) is 3.29. The molecule has 1 aromatic rings. The van der Waals surface area contributed by atoms with Crippen molar-refractivity contribution in [3.8, 4) is 0 Å². The third-order valence-corrected chi connectivity index (χ3v) is 2.91. The molecule has 1 nitrogen and oxygen atoms in total. The van der Waals surface area contributed by atoms with Crippen LogP contribution in [0.3, 0.4) is 0 Å². The van der Waals surface area contributed by atoms with Crippen LogP contribution in [0.5, 0.6) is 0 Å². The van der Waals surface area contributed by atoms with Crippen molar-refractivity contribution >= 4 is 0 Å². The minimum absolute atomic E-state index is 0.147. The average molecular weight is 227 g/mol. The molecule has 0 bridgehead atoms. The van der Waals surface area contributed by atoms with Crippen LogP contribution in [0.1, 0.15) is 23.6 Å². The number of rotatable bonds is 7. The Morgan fingerprint density at radius 2 is 2.06 bits per heavy atom. The topological polar surface area (TPSA) is 12.0 Å². The maximum absolute atomic E-state index is 4.04. The Kier molecular flexibility index (Phi) is 5.44. The minimum Gasteiger partial charge on any atom is -0.309 e. The zero-order chi connectivity index (χ0) is 12.7. The molecule has 0 aliphatic carbocycles. The van der Waals surface area contributed by atoms with Crippen LogP contribution in [0.15, 0.2) is 61.7 Å². The van der Waals surface area contributed by atoms with Gasteiger partial charge in [0.25, 0.3) is 0 Å². The van der Waals surface area contributed by atoms with Gasteiger partial charge in [-0.25, -0.2) is 0 Å². The number of hydrogen-bond acceptors (Lipinski definition) is 1. The van der Waals surface area contributed by atoms with Crippen LogP contribution in [0, 0.1) is 0 Å². The zero-order valence-corrected chi connectivity index (χ0v) is 10.6. The lowest BCUT2D eigenvalue weighted by Gasteiger charge is -2.20. The van der Waals surface area contributed by atoms with Gasteiger partial charge in [0, 0.05) is 0 Å². The molecule has 0 aliphatic rings. The van der Waals surface area contributed by atoms with Crippen molar-refractivity contribution in [2.45, 2.75) is 18.9 Å². The Balaban J connectivity index is 3.04. The van der Waals surface area contributed by atoms with Gasteiger partial charge in [0.2, 0.25) is 0 Å². The lowest BCUT2D eigenvalue weighted by atomic mass is 9.93. The van der Waals surface area contributed by atoms with Crippen molar-refractivity contribution in [2.24, 2.45) is 0 Å². The number of allylic oxidation sites excluding steroid dienone is 1. The second kappa shape index (κ2) is 6.87. The van der Waals surface area contributed by atoms with Gasteiger partial charge in [0.05, 0.1) is 6.04 Å². The van der Waals surface area contributed by atoms with Gasteiger partial charge in [-0.2, -0.15) is 0 Å². The summed E-state index contributed by atoms with van der Waals surface area (Å²) < 4.78 is 0. The standard InChI is InChI=1S/C16H21N/c1-5-7-10-14-11-8-9-12-15(14)16(17-4)13(3)6-2/h5-6,8-9,11-12,16-17H,1-3,7,10H2,4H3. The average Bonchev–Trinajstić information content (AvgIpc) is 2.38. The molecule has 17 heavy (non-hydrogen) atoms. The first-order chi connectivity index (χ1) is 8.24. The predicted molar refractivity (Wildman–Crippen MR) is 76.1 cm³/mol. The Bertz CT molecular complexity index is 404. The number of benzene rings is 1. The molecule has 0 saturated carbocycles. The molecule has 0 aromatic heterocycles. The Hall–Kier alpha value is -1.60. The van der Waals surface area contributed by atoms with Crippen LogP contribution in [0.4, 0.5) is 0 Å². The lowest BCUT2D eigenvalue weighted by molar-refractivity contribution is 0.683. The van der Waals surface area contributed by atoms with E-state index in [4.69, 9.17) is 0 Å². The van der Waals surface area contributed by atoms with E-state index in [1.807, 2.05) is 19.2 Å². The van der Waals surface area contributed by atoms with Gasteiger partial charge < -0.3 is 5.32 Å². The van der Waals surface area contributed by atoms with E-state index < -0.39 is 0 Å². The van der Waals surface area contributed by atoms with Crippen LogP contribution in [0.25, 0.3) is 0 Å². The molecule has 1 N–H and O–H groups in total. The van der Waals surface area contributed by atoms with Crippen LogP contribution in [0.2, 0.25) is 0 Å². The van der Waals surface area contributed by atoms with Crippen LogP contribution in [-0.2, 0) is 6.42 Å². The summed E-state index contributed by atoms with van der Waals surface area (Å²) in [5.74, 6) is 0. The van der Waals surface area contributed by atoms with Gasteiger partial charge >= 0.3 is 0 Å². The van der Waals surface area contributed by atoms with Crippen molar-refractivity contribution in [3.05, 3.63) is 72.9 Å². The third kappa shape index (κ3) is 3.43. The maximum Gasteiger partial charge on any atom is 0.0571 e. The van der Waals surface area contributed by atoms with E-state index in [2.05, 4.69) is 49.3 Å². The highest BCUT2D eigenvalue weighted by atomic mass is 14.9. The molecule has 1 heteroatoms. The van der Waals surface area contributed by atoms with E-state index in [-0.39, 0.29) is 6.04 Å². The summed E-state index contributed by atoms with van der Waals surface area (Å²) in [7, 11) is 1.95. The van der Waals surface area contributed by atoms with Crippen molar-refractivity contribution in [2.75, 3.05) is 7.05 Å². The second-order valence-electron chi connectivity index (χ2n) is 4.03. The van der Waals surface area contributed by atoms with Gasteiger partial charge in [0.1, 0.15) is 0 Å². The molecule has 0 amide bonds. The fourth-order valence-electron chi connectivity index (χ4n) is 1.96. The first kappa shape index (κ1) is 13.5. The fourth-order valence-corrected chi connectivity index (χ4v) is 1.96. The van der Waals surface area contributed by atoms with Gasteiger partial charge in [0.15, 0.2) is 0 Å². The smallest absolute Gasteiger partial charge is 0.0571 e. The molecule has 0 saturated heterocycles. The zero-order valence-electron chi connectivity index (χ0n) is 10.6. The van der Waals surface area contributed by atoms with Gasteiger partial charge in [-0.3, -0.25) is 0 Å². The largest absolute Gasteiger partial charge is 0.309 e. The lowest BCUT2D eigenvalue weighted by Crippen LogP contribution is -2.19. The Morgan fingerprint density at radius 3 is 2.65 bits per heavy atom. The highest BCUT2D eigenvalue weighted by Crippen LogP contribution is 2.25. The predicted octanol–water partition coefficient (Wildman–Crippen LogP) is 3.81. The highest BCUT2D eigenvalue weighted by Gasteiger charge is 2.13. The van der Waals surface area contributed by atoms with Gasteiger partial charge in [-0.15, -0.1) is 6.58 Å². The molecule has 90 valence electrons. The van der Waals surface area contributed by atoms with Crippen molar-refractivity contribution in [3.63, 3.8) is 0 Å². The molecule has 1 rings (SSSR count). The van der Waals surface area contributed by atoms with Gasteiger partial charge in [-0.05, 0) is 36.6 Å². The molecule has 0 fully saturated rings. The molecule has 0 radical (unpaired) electrons. The molecular formula is C16H21N. The van der Waals surface area contributed by atoms with Crippen molar-refractivity contribution in [1.29, 1.82) is 0 Å². The molecule has 0 aliphatic heterocycles. The molecule has 0 heterocycles. The monoisotopic (exact) mass is 227 g/mol. The highest BCUT2D eigenvalue weighted by molar-refractivity contribution is 5.37. The first-order valence-corrected chi connectivity index (χ1v) is 5.91.